The van der Waals surface area contributed by atoms with Gasteiger partial charge in [-0.25, -0.2) is 18.1 Å². The summed E-state index contributed by atoms with van der Waals surface area (Å²) in [5, 5.41) is 0. The predicted molar refractivity (Wildman–Crippen MR) is 93.2 cm³/mol. The average Bonchev–Trinajstić information content (AvgIpc) is 2.53. The van der Waals surface area contributed by atoms with Gasteiger partial charge in [-0.3, -0.25) is 4.90 Å². The zero-order valence-corrected chi connectivity index (χ0v) is 15.4. The van der Waals surface area contributed by atoms with Gasteiger partial charge in [-0.2, -0.15) is 0 Å². The fourth-order valence-corrected chi connectivity index (χ4v) is 3.20. The van der Waals surface area contributed by atoms with Gasteiger partial charge in [0.2, 0.25) is 10.0 Å². The van der Waals surface area contributed by atoms with Gasteiger partial charge < -0.3 is 4.90 Å². The maximum Gasteiger partial charge on any atom is 0.241 e. The van der Waals surface area contributed by atoms with E-state index in [0.29, 0.717) is 5.41 Å². The Labute approximate surface area is 139 Å². The van der Waals surface area contributed by atoms with Crippen molar-refractivity contribution < 1.29 is 8.42 Å². The van der Waals surface area contributed by atoms with Crippen molar-refractivity contribution in [2.45, 2.75) is 32.1 Å². The molecule has 0 bridgehead atoms. The highest BCUT2D eigenvalue weighted by Crippen LogP contribution is 2.20. The molecule has 0 unspecified atom stereocenters. The van der Waals surface area contributed by atoms with E-state index in [1.165, 1.54) is 19.7 Å². The molecule has 0 amide bonds. The topological polar surface area (TPSA) is 65.5 Å². The summed E-state index contributed by atoms with van der Waals surface area (Å²) in [5.41, 5.74) is 0.368. The molecule has 0 aromatic carbocycles. The minimum Gasteiger partial charge on any atom is -0.354 e. The molecule has 1 aromatic rings. The van der Waals surface area contributed by atoms with Crippen molar-refractivity contribution in [2.75, 3.05) is 44.7 Å². The van der Waals surface area contributed by atoms with Crippen molar-refractivity contribution in [1.29, 1.82) is 0 Å². The monoisotopic (exact) mass is 340 g/mol. The molecule has 2 heterocycles. The van der Waals surface area contributed by atoms with Gasteiger partial charge in [-0.1, -0.05) is 20.8 Å². The number of pyridine rings is 1. The van der Waals surface area contributed by atoms with Crippen LogP contribution in [0.5, 0.6) is 0 Å². The van der Waals surface area contributed by atoms with E-state index < -0.39 is 10.0 Å². The third kappa shape index (κ3) is 5.16. The minimum absolute atomic E-state index is 0.201. The van der Waals surface area contributed by atoms with Crippen LogP contribution >= 0.6 is 0 Å². The molecular weight excluding hydrogens is 312 g/mol. The minimum atomic E-state index is -3.42. The number of nitrogens with one attached hydrogen (secondary N) is 1. The summed E-state index contributed by atoms with van der Waals surface area (Å²) in [7, 11) is -2.01. The number of hydrogen-bond acceptors (Lipinski definition) is 5. The Kier molecular flexibility index (Phi) is 5.65. The normalized spacial score (nSPS) is 17.5. The van der Waals surface area contributed by atoms with Gasteiger partial charge >= 0.3 is 0 Å². The van der Waals surface area contributed by atoms with E-state index in [4.69, 9.17) is 0 Å². The Bertz CT molecular complexity index is 600. The molecule has 23 heavy (non-hydrogen) atoms. The Morgan fingerprint density at radius 1 is 1.17 bits per heavy atom. The molecule has 1 aliphatic heterocycles. The first-order valence-corrected chi connectivity index (χ1v) is 9.56. The van der Waals surface area contributed by atoms with E-state index in [0.717, 1.165) is 38.5 Å². The van der Waals surface area contributed by atoms with E-state index >= 15 is 0 Å². The quantitative estimate of drug-likeness (QED) is 0.881. The fourth-order valence-electron chi connectivity index (χ4n) is 2.53. The van der Waals surface area contributed by atoms with Gasteiger partial charge in [0.15, 0.2) is 0 Å². The highest BCUT2D eigenvalue weighted by atomic mass is 32.2. The molecule has 0 spiro atoms. The van der Waals surface area contributed by atoms with E-state index in [1.54, 1.807) is 12.1 Å². The van der Waals surface area contributed by atoms with Crippen molar-refractivity contribution in [3.05, 3.63) is 18.3 Å². The maximum absolute atomic E-state index is 11.7. The Morgan fingerprint density at radius 2 is 1.83 bits per heavy atom. The molecule has 1 N–H and O–H groups in total. The summed E-state index contributed by atoms with van der Waals surface area (Å²) in [6.07, 6.45) is 2.62. The fraction of sp³-hybridized carbons (Fsp3) is 0.688. The maximum atomic E-state index is 11.7. The van der Waals surface area contributed by atoms with Crippen molar-refractivity contribution in [3.8, 4) is 0 Å². The van der Waals surface area contributed by atoms with Crippen LogP contribution in [-0.2, 0) is 10.0 Å². The smallest absolute Gasteiger partial charge is 0.241 e. The summed E-state index contributed by atoms with van der Waals surface area (Å²) in [6.45, 7) is 11.8. The summed E-state index contributed by atoms with van der Waals surface area (Å²) < 4.78 is 25.7. The van der Waals surface area contributed by atoms with Gasteiger partial charge in [0.25, 0.3) is 0 Å². The molecule has 7 heteroatoms. The highest BCUT2D eigenvalue weighted by Gasteiger charge is 2.20. The largest absolute Gasteiger partial charge is 0.354 e. The summed E-state index contributed by atoms with van der Waals surface area (Å²) >= 11 is 0. The second kappa shape index (κ2) is 7.15. The van der Waals surface area contributed by atoms with E-state index in [1.807, 2.05) is 0 Å². The number of nitrogens with zero attached hydrogens (tertiary/aromatic N) is 3. The summed E-state index contributed by atoms with van der Waals surface area (Å²) in [4.78, 5) is 9.22. The van der Waals surface area contributed by atoms with E-state index in [2.05, 4.69) is 40.3 Å². The van der Waals surface area contributed by atoms with E-state index in [-0.39, 0.29) is 4.90 Å². The van der Waals surface area contributed by atoms with E-state index in [9.17, 15) is 8.42 Å². The molecule has 0 aliphatic carbocycles. The molecule has 6 nitrogen and oxygen atoms in total. The van der Waals surface area contributed by atoms with Crippen LogP contribution in [0, 0.1) is 5.41 Å². The SMILES string of the molecule is CNS(=O)(=O)c1ccc(N2CCN(CCC(C)(C)C)CC2)nc1. The second-order valence-electron chi connectivity index (χ2n) is 7.20. The van der Waals surface area contributed by atoms with Crippen LogP contribution in [0.25, 0.3) is 0 Å². The molecule has 1 aromatic heterocycles. The van der Waals surface area contributed by atoms with Crippen molar-refractivity contribution >= 4 is 15.8 Å². The average molecular weight is 340 g/mol. The van der Waals surface area contributed by atoms with Gasteiger partial charge in [0, 0.05) is 32.4 Å². The Balaban J connectivity index is 1.90. The lowest BCUT2D eigenvalue weighted by molar-refractivity contribution is 0.217. The number of piperazine rings is 1. The third-order valence-corrected chi connectivity index (χ3v) is 5.57. The third-order valence-electron chi connectivity index (χ3n) is 4.17. The van der Waals surface area contributed by atoms with Crippen molar-refractivity contribution in [2.24, 2.45) is 5.41 Å². The Morgan fingerprint density at radius 3 is 2.30 bits per heavy atom. The van der Waals surface area contributed by atoms with Crippen molar-refractivity contribution in [1.82, 2.24) is 14.6 Å². The zero-order chi connectivity index (χ0) is 17.1. The highest BCUT2D eigenvalue weighted by molar-refractivity contribution is 7.89. The molecular formula is C16H28N4O2S. The molecule has 1 saturated heterocycles. The lowest BCUT2D eigenvalue weighted by atomic mass is 9.92. The van der Waals surface area contributed by atoms with Crippen LogP contribution in [0.3, 0.4) is 0 Å². The number of rotatable bonds is 5. The molecule has 0 radical (unpaired) electrons. The number of sulfonamides is 1. The molecule has 130 valence electrons. The summed E-state index contributed by atoms with van der Waals surface area (Å²) in [5.74, 6) is 0.843. The van der Waals surface area contributed by atoms with Gasteiger partial charge in [0.1, 0.15) is 10.7 Å². The number of hydrogen-bond donors (Lipinski definition) is 1. The first-order valence-electron chi connectivity index (χ1n) is 8.08. The molecule has 1 fully saturated rings. The first kappa shape index (κ1) is 18.2. The van der Waals surface area contributed by atoms with Crippen LogP contribution in [0.15, 0.2) is 23.2 Å². The van der Waals surface area contributed by atoms with Gasteiger partial charge in [0.05, 0.1) is 0 Å². The van der Waals surface area contributed by atoms with Crippen LogP contribution in [0.4, 0.5) is 5.82 Å². The second-order valence-corrected chi connectivity index (χ2v) is 9.09. The van der Waals surface area contributed by atoms with Crippen LogP contribution in [-0.4, -0.2) is 58.1 Å². The van der Waals surface area contributed by atoms with Gasteiger partial charge in [-0.15, -0.1) is 0 Å². The van der Waals surface area contributed by atoms with Gasteiger partial charge in [-0.05, 0) is 37.6 Å². The lowest BCUT2D eigenvalue weighted by Crippen LogP contribution is -2.47. The first-order chi connectivity index (χ1) is 10.7. The number of aromatic nitrogens is 1. The molecule has 2 rings (SSSR count). The molecule has 0 atom stereocenters. The zero-order valence-electron chi connectivity index (χ0n) is 14.5. The van der Waals surface area contributed by atoms with Crippen LogP contribution in [0.1, 0.15) is 27.2 Å². The molecule has 0 saturated carbocycles. The Hall–Kier alpha value is -1.18. The van der Waals surface area contributed by atoms with Crippen LogP contribution < -0.4 is 9.62 Å². The molecule has 1 aliphatic rings. The van der Waals surface area contributed by atoms with Crippen LogP contribution in [0.2, 0.25) is 0 Å². The van der Waals surface area contributed by atoms with Crippen molar-refractivity contribution in [3.63, 3.8) is 0 Å². The number of anilines is 1. The lowest BCUT2D eigenvalue weighted by Gasteiger charge is -2.36. The predicted octanol–water partition coefficient (Wildman–Crippen LogP) is 1.55. The standard InChI is InChI=1S/C16H28N4O2S/c1-16(2,3)7-8-19-9-11-20(12-10-19)15-6-5-14(13-18-15)23(21,22)17-4/h5-6,13,17H,7-12H2,1-4H3. The summed E-state index contributed by atoms with van der Waals surface area (Å²) in [6, 6.07) is 3.40.